The van der Waals surface area contributed by atoms with Gasteiger partial charge in [0, 0.05) is 0 Å². The molecule has 3 fully saturated rings. The maximum absolute atomic E-state index is 9.44. The van der Waals surface area contributed by atoms with Gasteiger partial charge in [-0.3, -0.25) is 0 Å². The molecule has 0 unspecified atom stereocenters. The van der Waals surface area contributed by atoms with Crippen molar-refractivity contribution < 1.29 is 14.4 Å². The van der Waals surface area contributed by atoms with Crippen LogP contribution in [0, 0.1) is 0 Å². The van der Waals surface area contributed by atoms with Crippen LogP contribution in [0.5, 0.6) is 0 Å². The Balaban J connectivity index is -0.000000143. The SMILES string of the molecule is C.CC(C)=O.CC(C)=O.CC(C)=O.CN1CCC1.CN1CCCC1.CN1CCCCC1. The molecule has 0 aromatic carbocycles. The maximum atomic E-state index is 9.44. The van der Waals surface area contributed by atoms with E-state index in [0.717, 1.165) is 0 Å². The predicted molar refractivity (Wildman–Crippen MR) is 136 cm³/mol. The Labute approximate surface area is 194 Å². The van der Waals surface area contributed by atoms with Gasteiger partial charge in [-0.15, -0.1) is 0 Å². The van der Waals surface area contributed by atoms with Gasteiger partial charge in [0.1, 0.15) is 17.3 Å². The zero-order valence-electron chi connectivity index (χ0n) is 21.6. The van der Waals surface area contributed by atoms with Gasteiger partial charge in [0.05, 0.1) is 0 Å². The van der Waals surface area contributed by atoms with E-state index in [1.54, 1.807) is 0 Å². The fourth-order valence-electron chi connectivity index (χ4n) is 2.40. The second-order valence-electron chi connectivity index (χ2n) is 8.76. The van der Waals surface area contributed by atoms with Gasteiger partial charge in [-0.2, -0.15) is 0 Å². The molecule has 31 heavy (non-hydrogen) atoms. The lowest BCUT2D eigenvalue weighted by Gasteiger charge is -2.24. The van der Waals surface area contributed by atoms with Gasteiger partial charge in [-0.05, 0) is 134 Å². The number of ketones is 3. The molecule has 3 rings (SSSR count). The molecule has 0 bridgehead atoms. The monoisotopic (exact) mass is 445 g/mol. The highest BCUT2D eigenvalue weighted by molar-refractivity contribution is 5.72. The first-order chi connectivity index (χ1) is 13.9. The van der Waals surface area contributed by atoms with Crippen LogP contribution in [0.2, 0.25) is 0 Å². The molecule has 0 aliphatic carbocycles. The summed E-state index contributed by atoms with van der Waals surface area (Å²) in [5.74, 6) is 0.500. The second-order valence-corrected chi connectivity index (χ2v) is 8.76. The average molecular weight is 446 g/mol. The minimum Gasteiger partial charge on any atom is -0.306 e. The molecule has 0 radical (unpaired) electrons. The number of nitrogens with zero attached hydrogens (tertiary/aromatic N) is 3. The molecule has 0 spiro atoms. The van der Waals surface area contributed by atoms with Crippen molar-refractivity contribution >= 4 is 17.3 Å². The molecule has 0 N–H and O–H groups in total. The summed E-state index contributed by atoms with van der Waals surface area (Å²) < 4.78 is 0. The number of hydrogen-bond donors (Lipinski definition) is 0. The zero-order chi connectivity index (χ0) is 23.9. The van der Waals surface area contributed by atoms with Crippen molar-refractivity contribution in [3.63, 3.8) is 0 Å². The van der Waals surface area contributed by atoms with Crippen molar-refractivity contribution in [2.24, 2.45) is 0 Å². The Morgan fingerprint density at radius 2 is 0.581 bits per heavy atom. The normalized spacial score (nSPS) is 17.3. The van der Waals surface area contributed by atoms with Crippen LogP contribution in [0.15, 0.2) is 0 Å². The molecular weight excluding hydrogens is 390 g/mol. The van der Waals surface area contributed by atoms with Crippen LogP contribution in [0.4, 0.5) is 0 Å². The van der Waals surface area contributed by atoms with E-state index in [-0.39, 0.29) is 24.8 Å². The van der Waals surface area contributed by atoms with Gasteiger partial charge in [0.25, 0.3) is 0 Å². The summed E-state index contributed by atoms with van der Waals surface area (Å²) in [6, 6.07) is 0. The lowest BCUT2D eigenvalue weighted by molar-refractivity contribution is -0.115. The lowest BCUT2D eigenvalue weighted by atomic mass is 10.1. The Morgan fingerprint density at radius 3 is 0.645 bits per heavy atom. The van der Waals surface area contributed by atoms with Crippen molar-refractivity contribution in [1.82, 2.24) is 14.7 Å². The van der Waals surface area contributed by atoms with E-state index in [9.17, 15) is 14.4 Å². The predicted octanol–water partition coefficient (Wildman–Crippen LogP) is 4.56. The standard InChI is InChI=1S/C6H13N.C5H11N.C4H9N.3C3H6O.CH4/c1-7-5-3-2-4-6-7;1-6-4-2-3-5-6;1-5-3-2-4-5;3*1-3(2)4;/h2-6H2,1H3;2-5H2,1H3;2-4H2,1H3;3*1-2H3;1H4. The van der Waals surface area contributed by atoms with Crippen molar-refractivity contribution in [2.75, 3.05) is 60.4 Å². The maximum Gasteiger partial charge on any atom is 0.126 e. The number of hydrogen-bond acceptors (Lipinski definition) is 6. The van der Waals surface area contributed by atoms with Crippen LogP contribution in [0.25, 0.3) is 0 Å². The minimum absolute atomic E-state index is 0. The molecule has 0 amide bonds. The van der Waals surface area contributed by atoms with Crippen LogP contribution >= 0.6 is 0 Å². The molecule has 3 heterocycles. The van der Waals surface area contributed by atoms with Crippen LogP contribution in [-0.2, 0) is 14.4 Å². The van der Waals surface area contributed by atoms with Gasteiger partial charge >= 0.3 is 0 Å². The second kappa shape index (κ2) is 26.9. The summed E-state index contributed by atoms with van der Waals surface area (Å²) in [5, 5.41) is 0. The fraction of sp³-hybridized carbons (Fsp3) is 0.880. The molecule has 0 aromatic rings. The molecule has 0 atom stereocenters. The molecule has 0 aromatic heterocycles. The smallest absolute Gasteiger partial charge is 0.126 e. The van der Waals surface area contributed by atoms with E-state index < -0.39 is 0 Å². The average Bonchev–Trinajstić information content (AvgIpc) is 3.04. The highest BCUT2D eigenvalue weighted by Gasteiger charge is 2.05. The highest BCUT2D eigenvalue weighted by atomic mass is 16.1. The number of rotatable bonds is 0. The molecule has 6 nitrogen and oxygen atoms in total. The Bertz CT molecular complexity index is 372. The Morgan fingerprint density at radius 1 is 0.419 bits per heavy atom. The summed E-state index contributed by atoms with van der Waals surface area (Å²) in [6.07, 6.45) is 8.51. The van der Waals surface area contributed by atoms with Crippen LogP contribution in [0.3, 0.4) is 0 Å². The Hall–Kier alpha value is -1.11. The van der Waals surface area contributed by atoms with Gasteiger partial charge in [-0.1, -0.05) is 13.8 Å². The molecular formula is C25H55N3O3. The van der Waals surface area contributed by atoms with Crippen molar-refractivity contribution in [2.45, 2.75) is 87.5 Å². The van der Waals surface area contributed by atoms with Gasteiger partial charge < -0.3 is 29.1 Å². The summed E-state index contributed by atoms with van der Waals surface area (Å²) in [6.45, 7) is 17.1. The molecule has 3 aliphatic rings. The topological polar surface area (TPSA) is 60.9 Å². The first-order valence-electron chi connectivity index (χ1n) is 11.4. The first kappa shape index (κ1) is 37.2. The molecule has 6 heteroatoms. The van der Waals surface area contributed by atoms with E-state index >= 15 is 0 Å². The van der Waals surface area contributed by atoms with Gasteiger partial charge in [0.2, 0.25) is 0 Å². The van der Waals surface area contributed by atoms with Crippen molar-refractivity contribution in [3.05, 3.63) is 0 Å². The fourth-order valence-corrected chi connectivity index (χ4v) is 2.40. The molecule has 188 valence electrons. The largest absolute Gasteiger partial charge is 0.306 e. The third-order valence-corrected chi connectivity index (χ3v) is 3.99. The summed E-state index contributed by atoms with van der Waals surface area (Å²) in [4.78, 5) is 35.4. The third kappa shape index (κ3) is 52.8. The van der Waals surface area contributed by atoms with E-state index in [1.165, 1.54) is 119 Å². The number of piperidine rings is 1. The van der Waals surface area contributed by atoms with Gasteiger partial charge in [-0.25, -0.2) is 0 Å². The summed E-state index contributed by atoms with van der Waals surface area (Å²) in [5.41, 5.74) is 0. The summed E-state index contributed by atoms with van der Waals surface area (Å²) >= 11 is 0. The zero-order valence-corrected chi connectivity index (χ0v) is 21.6. The van der Waals surface area contributed by atoms with E-state index in [2.05, 4.69) is 35.8 Å². The van der Waals surface area contributed by atoms with Crippen molar-refractivity contribution in [3.8, 4) is 0 Å². The van der Waals surface area contributed by atoms with E-state index in [1.807, 2.05) is 0 Å². The molecule has 3 saturated heterocycles. The van der Waals surface area contributed by atoms with Crippen LogP contribution in [0.1, 0.15) is 87.5 Å². The first-order valence-corrected chi connectivity index (χ1v) is 11.4. The highest BCUT2D eigenvalue weighted by Crippen LogP contribution is 2.04. The number of carbonyl (C=O) groups excluding carboxylic acids is 3. The molecule has 3 aliphatic heterocycles. The minimum atomic E-state index is 0. The van der Waals surface area contributed by atoms with Crippen molar-refractivity contribution in [1.29, 1.82) is 0 Å². The van der Waals surface area contributed by atoms with Gasteiger partial charge in [0.15, 0.2) is 0 Å². The quantitative estimate of drug-likeness (QED) is 0.545. The van der Waals surface area contributed by atoms with E-state index in [0.29, 0.717) is 0 Å². The number of Topliss-reactive ketones (excluding diaryl/α,β-unsaturated/α-hetero) is 3. The third-order valence-electron chi connectivity index (χ3n) is 3.99. The van der Waals surface area contributed by atoms with E-state index in [4.69, 9.17) is 0 Å². The number of carbonyl (C=O) groups is 3. The van der Waals surface area contributed by atoms with Crippen LogP contribution in [-0.4, -0.2) is 92.5 Å². The summed E-state index contributed by atoms with van der Waals surface area (Å²) in [7, 11) is 6.51. The Kier molecular flexibility index (Phi) is 32.3. The van der Waals surface area contributed by atoms with Crippen LogP contribution < -0.4 is 0 Å². The molecule has 0 saturated carbocycles. The lowest BCUT2D eigenvalue weighted by Crippen LogP contribution is -2.32. The number of likely N-dealkylation sites (tertiary alicyclic amines) is 3.